The van der Waals surface area contributed by atoms with Crippen LogP contribution >= 0.6 is 12.4 Å². The van der Waals surface area contributed by atoms with Crippen molar-refractivity contribution in [1.82, 2.24) is 19.1 Å². The molecule has 0 atom stereocenters. The number of nitrogens with two attached hydrogens (primary N) is 1. The third-order valence-corrected chi connectivity index (χ3v) is 4.22. The summed E-state index contributed by atoms with van der Waals surface area (Å²) in [6.07, 6.45) is 1.45. The molecule has 0 fully saturated rings. The number of benzene rings is 1. The van der Waals surface area contributed by atoms with Gasteiger partial charge in [0, 0.05) is 24.2 Å². The first-order valence-corrected chi connectivity index (χ1v) is 8.66. The number of amidine groups is 1. The minimum Gasteiger partial charge on any atom is -0.412 e. The van der Waals surface area contributed by atoms with Crippen molar-refractivity contribution in [3.8, 4) is 11.4 Å². The number of aromatic amines is 1. The molecule has 0 saturated heterocycles. The number of aromatic nitrogens is 4. The van der Waals surface area contributed by atoms with E-state index < -0.39 is 0 Å². The number of nitrogens with one attached hydrogen (secondary N) is 2. The van der Waals surface area contributed by atoms with Crippen LogP contribution in [0.3, 0.4) is 0 Å². The first-order chi connectivity index (χ1) is 12.5. The molecule has 2 aromatic heterocycles. The SMILES string of the molecule is CCCn1c(=O)c2[nH]c(-c3ccc(C(=N)N)cc3)nc2n(CCC)c1=O.Cl.O. The zero-order chi connectivity index (χ0) is 18.8. The van der Waals surface area contributed by atoms with Gasteiger partial charge in [0.1, 0.15) is 17.2 Å². The quantitative estimate of drug-likeness (QED) is 0.414. The van der Waals surface area contributed by atoms with Crippen molar-refractivity contribution < 1.29 is 5.48 Å². The molecule has 0 unspecified atom stereocenters. The molecule has 10 heteroatoms. The molecule has 2 heterocycles. The summed E-state index contributed by atoms with van der Waals surface area (Å²) in [5.74, 6) is 0.492. The standard InChI is InChI=1S/C18H22N6O2.ClH.H2O/c1-3-9-23-16-13(17(25)24(10-4-2)18(23)26)21-15(22-16)12-7-5-11(6-8-12)14(19)20;;/h5-8H,3-4,9-10H2,1-2H3,(H3,19,20)(H,21,22);1H;1H2. The molecule has 28 heavy (non-hydrogen) atoms. The number of nitrogens with zero attached hydrogens (tertiary/aromatic N) is 3. The van der Waals surface area contributed by atoms with Crippen LogP contribution in [0.1, 0.15) is 32.3 Å². The molecule has 0 aliphatic heterocycles. The molecule has 0 saturated carbocycles. The van der Waals surface area contributed by atoms with Gasteiger partial charge in [0.05, 0.1) is 0 Å². The van der Waals surface area contributed by atoms with E-state index in [-0.39, 0.29) is 35.0 Å². The molecule has 3 rings (SSSR count). The first kappa shape index (κ1) is 23.1. The van der Waals surface area contributed by atoms with Crippen molar-refractivity contribution in [1.29, 1.82) is 5.41 Å². The Balaban J connectivity index is 0.00000196. The van der Waals surface area contributed by atoms with Gasteiger partial charge in [-0.3, -0.25) is 19.3 Å². The number of hydrogen-bond acceptors (Lipinski definition) is 4. The number of fused-ring (bicyclic) bond motifs is 1. The van der Waals surface area contributed by atoms with Gasteiger partial charge in [-0.1, -0.05) is 38.1 Å². The number of aryl methyl sites for hydroxylation is 1. The number of rotatable bonds is 6. The maximum atomic E-state index is 12.7. The van der Waals surface area contributed by atoms with Crippen LogP contribution in [0, 0.1) is 5.41 Å². The predicted octanol–water partition coefficient (Wildman–Crippen LogP) is 1.25. The second kappa shape index (κ2) is 9.34. The topological polar surface area (TPSA) is 154 Å². The Morgan fingerprint density at radius 2 is 1.68 bits per heavy atom. The highest BCUT2D eigenvalue weighted by Crippen LogP contribution is 2.19. The zero-order valence-electron chi connectivity index (χ0n) is 15.8. The monoisotopic (exact) mass is 408 g/mol. The number of halogens is 1. The summed E-state index contributed by atoms with van der Waals surface area (Å²) in [7, 11) is 0. The Morgan fingerprint density at radius 1 is 1.11 bits per heavy atom. The van der Waals surface area contributed by atoms with E-state index in [2.05, 4.69) is 9.97 Å². The Morgan fingerprint density at radius 3 is 2.21 bits per heavy atom. The van der Waals surface area contributed by atoms with Crippen molar-refractivity contribution in [2.24, 2.45) is 5.73 Å². The van der Waals surface area contributed by atoms with Crippen LogP contribution in [0.4, 0.5) is 0 Å². The summed E-state index contributed by atoms with van der Waals surface area (Å²) >= 11 is 0. The molecule has 152 valence electrons. The highest BCUT2D eigenvalue weighted by Gasteiger charge is 2.17. The van der Waals surface area contributed by atoms with E-state index in [0.717, 1.165) is 12.0 Å². The van der Waals surface area contributed by atoms with Crippen LogP contribution in [0.15, 0.2) is 33.9 Å². The maximum absolute atomic E-state index is 12.7. The smallest absolute Gasteiger partial charge is 0.332 e. The highest BCUT2D eigenvalue weighted by molar-refractivity contribution is 5.95. The number of imidazole rings is 1. The third kappa shape index (κ3) is 4.00. The average Bonchev–Trinajstić information content (AvgIpc) is 3.08. The van der Waals surface area contributed by atoms with Crippen LogP contribution in [0.25, 0.3) is 22.6 Å². The van der Waals surface area contributed by atoms with E-state index in [4.69, 9.17) is 11.1 Å². The Hall–Kier alpha value is -2.91. The maximum Gasteiger partial charge on any atom is 0.332 e. The van der Waals surface area contributed by atoms with Gasteiger partial charge in [0.25, 0.3) is 5.56 Å². The van der Waals surface area contributed by atoms with E-state index in [1.54, 1.807) is 28.8 Å². The van der Waals surface area contributed by atoms with E-state index >= 15 is 0 Å². The van der Waals surface area contributed by atoms with Crippen molar-refractivity contribution in [2.45, 2.75) is 39.8 Å². The third-order valence-electron chi connectivity index (χ3n) is 4.22. The molecule has 0 radical (unpaired) electrons. The fourth-order valence-corrected chi connectivity index (χ4v) is 2.96. The molecule has 0 spiro atoms. The van der Waals surface area contributed by atoms with E-state index in [1.807, 2.05) is 13.8 Å². The molecular weight excluding hydrogens is 384 g/mol. The Kier molecular flexibility index (Phi) is 7.71. The number of nitrogen functional groups attached to an aromatic ring is 1. The summed E-state index contributed by atoms with van der Waals surface area (Å²) < 4.78 is 2.81. The zero-order valence-corrected chi connectivity index (χ0v) is 16.6. The van der Waals surface area contributed by atoms with Crippen molar-refractivity contribution >= 4 is 29.4 Å². The van der Waals surface area contributed by atoms with Gasteiger partial charge in [0.2, 0.25) is 0 Å². The Bertz CT molecular complexity index is 1080. The summed E-state index contributed by atoms with van der Waals surface area (Å²) in [5, 5.41) is 7.46. The molecule has 6 N–H and O–H groups in total. The molecule has 9 nitrogen and oxygen atoms in total. The minimum atomic E-state index is -0.349. The lowest BCUT2D eigenvalue weighted by molar-refractivity contribution is 0.555. The molecule has 0 amide bonds. The summed E-state index contributed by atoms with van der Waals surface area (Å²) in [6, 6.07) is 7.00. The summed E-state index contributed by atoms with van der Waals surface area (Å²) in [5.41, 5.74) is 6.87. The van der Waals surface area contributed by atoms with Gasteiger partial charge >= 0.3 is 5.69 Å². The van der Waals surface area contributed by atoms with Crippen molar-refractivity contribution in [3.05, 3.63) is 50.7 Å². The van der Waals surface area contributed by atoms with Gasteiger partial charge in [0.15, 0.2) is 5.65 Å². The van der Waals surface area contributed by atoms with E-state index in [9.17, 15) is 9.59 Å². The van der Waals surface area contributed by atoms with Crippen molar-refractivity contribution in [3.63, 3.8) is 0 Å². The van der Waals surface area contributed by atoms with Crippen LogP contribution in [-0.2, 0) is 13.1 Å². The lowest BCUT2D eigenvalue weighted by atomic mass is 10.1. The molecule has 0 bridgehead atoms. The van der Waals surface area contributed by atoms with Gasteiger partial charge in [-0.2, -0.15) is 0 Å². The number of H-pyrrole nitrogens is 1. The molecule has 0 aliphatic carbocycles. The van der Waals surface area contributed by atoms with E-state index in [1.165, 1.54) is 4.57 Å². The molecular formula is C18H25ClN6O3. The van der Waals surface area contributed by atoms with Crippen LogP contribution < -0.4 is 17.0 Å². The fraction of sp³-hybridized carbons (Fsp3) is 0.333. The summed E-state index contributed by atoms with van der Waals surface area (Å²) in [4.78, 5) is 33.0. The number of hydrogen-bond donors (Lipinski definition) is 3. The van der Waals surface area contributed by atoms with Gasteiger partial charge < -0.3 is 16.2 Å². The lowest BCUT2D eigenvalue weighted by Gasteiger charge is -2.09. The largest absolute Gasteiger partial charge is 0.412 e. The normalized spacial score (nSPS) is 10.4. The summed E-state index contributed by atoms with van der Waals surface area (Å²) in [6.45, 7) is 4.77. The highest BCUT2D eigenvalue weighted by atomic mass is 35.5. The van der Waals surface area contributed by atoms with Crippen LogP contribution in [0.2, 0.25) is 0 Å². The van der Waals surface area contributed by atoms with Gasteiger partial charge in [-0.05, 0) is 12.8 Å². The predicted molar refractivity (Wildman–Crippen MR) is 113 cm³/mol. The second-order valence-electron chi connectivity index (χ2n) is 6.17. The van der Waals surface area contributed by atoms with Crippen molar-refractivity contribution in [2.75, 3.05) is 0 Å². The van der Waals surface area contributed by atoms with Crippen LogP contribution in [-0.4, -0.2) is 30.4 Å². The molecule has 0 aliphatic rings. The van der Waals surface area contributed by atoms with Gasteiger partial charge in [-0.15, -0.1) is 12.4 Å². The van der Waals surface area contributed by atoms with Gasteiger partial charge in [-0.25, -0.2) is 9.78 Å². The van der Waals surface area contributed by atoms with E-state index in [0.29, 0.717) is 42.1 Å². The molecule has 3 aromatic rings. The average molecular weight is 409 g/mol. The lowest BCUT2D eigenvalue weighted by Crippen LogP contribution is -2.40. The molecule has 1 aromatic carbocycles. The second-order valence-corrected chi connectivity index (χ2v) is 6.17. The first-order valence-electron chi connectivity index (χ1n) is 8.66. The minimum absolute atomic E-state index is 0. The fourth-order valence-electron chi connectivity index (χ4n) is 2.96. The van der Waals surface area contributed by atoms with Crippen LogP contribution in [0.5, 0.6) is 0 Å². The Labute approximate surface area is 167 Å².